The smallest absolute Gasteiger partial charge is 0.342 e. The molecule has 1 N–H and O–H groups in total. The van der Waals surface area contributed by atoms with Gasteiger partial charge < -0.3 is 14.5 Å². The van der Waals surface area contributed by atoms with Crippen molar-refractivity contribution in [3.63, 3.8) is 0 Å². The number of aromatic nitrogens is 1. The van der Waals surface area contributed by atoms with Crippen LogP contribution in [0.4, 0.5) is 0 Å². The van der Waals surface area contributed by atoms with Gasteiger partial charge in [0, 0.05) is 5.56 Å². The number of carbonyl (C=O) groups is 2. The Kier molecular flexibility index (Phi) is 4.98. The summed E-state index contributed by atoms with van der Waals surface area (Å²) < 4.78 is 5.10. The number of hydrogen-bond donors (Lipinski definition) is 1. The van der Waals surface area contributed by atoms with Crippen LogP contribution in [0.15, 0.2) is 35.4 Å². The summed E-state index contributed by atoms with van der Waals surface area (Å²) in [6.07, 6.45) is 0. The van der Waals surface area contributed by atoms with E-state index in [9.17, 15) is 14.7 Å². The SMILES string of the molecule is C=C(C(=O)CN(C)C)c1onc(-c2ccccc2Cl)c1C(=O)O. The molecule has 0 fully saturated rings. The maximum atomic E-state index is 12.1. The standard InChI is InChI=1S/C16H15ClN2O4/c1-9(12(20)8-19(2)3)15-13(16(21)22)14(18-23-15)10-6-4-5-7-11(10)17/h4-7H,1,8H2,2-3H3,(H,21,22). The molecule has 23 heavy (non-hydrogen) atoms. The maximum Gasteiger partial charge on any atom is 0.342 e. The lowest BCUT2D eigenvalue weighted by molar-refractivity contribution is -0.114. The summed E-state index contributed by atoms with van der Waals surface area (Å²) in [7, 11) is 3.44. The summed E-state index contributed by atoms with van der Waals surface area (Å²) in [5.41, 5.74) is 0.212. The molecule has 0 bridgehead atoms. The Morgan fingerprint density at radius 3 is 2.57 bits per heavy atom. The highest BCUT2D eigenvalue weighted by Crippen LogP contribution is 2.33. The van der Waals surface area contributed by atoms with Gasteiger partial charge in [-0.1, -0.05) is 41.5 Å². The van der Waals surface area contributed by atoms with Gasteiger partial charge in [0.2, 0.25) is 0 Å². The van der Waals surface area contributed by atoms with E-state index in [0.717, 1.165) is 0 Å². The Balaban J connectivity index is 2.52. The predicted octanol–water partition coefficient (Wildman–Crippen LogP) is 2.84. The van der Waals surface area contributed by atoms with Crippen molar-refractivity contribution in [2.45, 2.75) is 0 Å². The number of carbonyl (C=O) groups excluding carboxylic acids is 1. The van der Waals surface area contributed by atoms with Crippen molar-refractivity contribution >= 4 is 28.9 Å². The first kappa shape index (κ1) is 16.9. The number of carboxylic acid groups (broad SMARTS) is 1. The van der Waals surface area contributed by atoms with Crippen LogP contribution in [-0.4, -0.2) is 47.6 Å². The average molecular weight is 335 g/mol. The van der Waals surface area contributed by atoms with Crippen LogP contribution in [0.25, 0.3) is 16.8 Å². The van der Waals surface area contributed by atoms with E-state index in [1.165, 1.54) is 0 Å². The number of Topliss-reactive ketones (excluding diaryl/α,β-unsaturated/α-hetero) is 1. The Hall–Kier alpha value is -2.44. The van der Waals surface area contributed by atoms with Crippen LogP contribution in [0.3, 0.4) is 0 Å². The molecule has 2 rings (SSSR count). The molecular formula is C16H15ClN2O4. The topological polar surface area (TPSA) is 83.6 Å². The normalized spacial score (nSPS) is 10.8. The molecule has 2 aromatic rings. The largest absolute Gasteiger partial charge is 0.477 e. The second-order valence-electron chi connectivity index (χ2n) is 5.16. The van der Waals surface area contributed by atoms with E-state index >= 15 is 0 Å². The van der Waals surface area contributed by atoms with E-state index in [0.29, 0.717) is 10.6 Å². The molecule has 0 spiro atoms. The highest BCUT2D eigenvalue weighted by molar-refractivity contribution is 6.33. The van der Waals surface area contributed by atoms with Gasteiger partial charge in [0.1, 0.15) is 11.3 Å². The van der Waals surface area contributed by atoms with Gasteiger partial charge in [-0.3, -0.25) is 4.79 Å². The summed E-state index contributed by atoms with van der Waals surface area (Å²) in [5.74, 6) is -1.77. The van der Waals surface area contributed by atoms with Gasteiger partial charge in [-0.05, 0) is 20.2 Å². The summed E-state index contributed by atoms with van der Waals surface area (Å²) >= 11 is 6.09. The van der Waals surface area contributed by atoms with Crippen molar-refractivity contribution in [1.82, 2.24) is 10.1 Å². The fourth-order valence-corrected chi connectivity index (χ4v) is 2.27. The van der Waals surface area contributed by atoms with Gasteiger partial charge in [-0.2, -0.15) is 0 Å². The van der Waals surface area contributed by atoms with Crippen LogP contribution >= 0.6 is 11.6 Å². The molecule has 0 atom stereocenters. The van der Waals surface area contributed by atoms with Gasteiger partial charge >= 0.3 is 5.97 Å². The summed E-state index contributed by atoms with van der Waals surface area (Å²) in [6, 6.07) is 6.66. The van der Waals surface area contributed by atoms with E-state index in [-0.39, 0.29) is 34.9 Å². The van der Waals surface area contributed by atoms with E-state index in [1.54, 1.807) is 43.3 Å². The number of ketones is 1. The number of carboxylic acids is 1. The first-order valence-corrected chi connectivity index (χ1v) is 7.05. The van der Waals surface area contributed by atoms with E-state index in [2.05, 4.69) is 11.7 Å². The number of nitrogens with zero attached hydrogens (tertiary/aromatic N) is 2. The van der Waals surface area contributed by atoms with Crippen molar-refractivity contribution in [3.05, 3.63) is 47.2 Å². The van der Waals surface area contributed by atoms with Crippen LogP contribution in [-0.2, 0) is 4.79 Å². The fourth-order valence-electron chi connectivity index (χ4n) is 2.04. The molecule has 1 aromatic heterocycles. The van der Waals surface area contributed by atoms with Crippen LogP contribution < -0.4 is 0 Å². The molecule has 0 saturated carbocycles. The van der Waals surface area contributed by atoms with Crippen molar-refractivity contribution in [3.8, 4) is 11.3 Å². The van der Waals surface area contributed by atoms with Gasteiger partial charge in [0.05, 0.1) is 17.1 Å². The van der Waals surface area contributed by atoms with Crippen molar-refractivity contribution in [2.24, 2.45) is 0 Å². The number of hydrogen-bond acceptors (Lipinski definition) is 5. The van der Waals surface area contributed by atoms with Crippen LogP contribution in [0.5, 0.6) is 0 Å². The Morgan fingerprint density at radius 2 is 2.00 bits per heavy atom. The summed E-state index contributed by atoms with van der Waals surface area (Å²) in [6.45, 7) is 3.73. The number of halogens is 1. The second kappa shape index (κ2) is 6.76. The monoisotopic (exact) mass is 334 g/mol. The molecule has 0 aliphatic carbocycles. The lowest BCUT2D eigenvalue weighted by Gasteiger charge is -2.09. The second-order valence-corrected chi connectivity index (χ2v) is 5.57. The van der Waals surface area contributed by atoms with Crippen LogP contribution in [0, 0.1) is 0 Å². The fraction of sp³-hybridized carbons (Fsp3) is 0.188. The van der Waals surface area contributed by atoms with E-state index in [4.69, 9.17) is 16.1 Å². The number of aromatic carboxylic acids is 1. The van der Waals surface area contributed by atoms with E-state index < -0.39 is 5.97 Å². The van der Waals surface area contributed by atoms with Crippen LogP contribution in [0.1, 0.15) is 16.1 Å². The van der Waals surface area contributed by atoms with Gasteiger partial charge in [0.15, 0.2) is 11.5 Å². The molecule has 0 unspecified atom stereocenters. The minimum atomic E-state index is -1.27. The zero-order valence-corrected chi connectivity index (χ0v) is 13.4. The summed E-state index contributed by atoms with van der Waals surface area (Å²) in [4.78, 5) is 25.4. The third kappa shape index (κ3) is 3.49. The molecule has 0 saturated heterocycles. The van der Waals surface area contributed by atoms with Crippen molar-refractivity contribution in [2.75, 3.05) is 20.6 Å². The van der Waals surface area contributed by atoms with E-state index in [1.807, 2.05) is 0 Å². The zero-order valence-electron chi connectivity index (χ0n) is 12.7. The Labute approximate surface area is 137 Å². The molecule has 120 valence electrons. The van der Waals surface area contributed by atoms with Gasteiger partial charge in [0.25, 0.3) is 0 Å². The predicted molar refractivity (Wildman–Crippen MR) is 86.5 cm³/mol. The zero-order chi connectivity index (χ0) is 17.1. The highest BCUT2D eigenvalue weighted by Gasteiger charge is 2.28. The first-order chi connectivity index (χ1) is 10.8. The highest BCUT2D eigenvalue weighted by atomic mass is 35.5. The third-order valence-electron chi connectivity index (χ3n) is 3.11. The van der Waals surface area contributed by atoms with Crippen molar-refractivity contribution in [1.29, 1.82) is 0 Å². The minimum absolute atomic E-state index is 0.0399. The first-order valence-electron chi connectivity index (χ1n) is 6.68. The summed E-state index contributed by atoms with van der Waals surface area (Å²) in [5, 5.41) is 13.6. The minimum Gasteiger partial charge on any atom is -0.477 e. The molecule has 0 aliphatic heterocycles. The number of benzene rings is 1. The maximum absolute atomic E-state index is 12.1. The average Bonchev–Trinajstić information content (AvgIpc) is 2.90. The lowest BCUT2D eigenvalue weighted by atomic mass is 10.0. The number of rotatable bonds is 6. The molecule has 6 nitrogen and oxygen atoms in total. The molecule has 0 amide bonds. The quantitative estimate of drug-likeness (QED) is 0.818. The third-order valence-corrected chi connectivity index (χ3v) is 3.44. The van der Waals surface area contributed by atoms with Gasteiger partial charge in [-0.25, -0.2) is 4.79 Å². The molecule has 0 radical (unpaired) electrons. The number of likely N-dealkylation sites (N-methyl/N-ethyl adjacent to an activating group) is 1. The molecule has 7 heteroatoms. The molecular weight excluding hydrogens is 320 g/mol. The van der Waals surface area contributed by atoms with Crippen molar-refractivity contribution < 1.29 is 19.2 Å². The Morgan fingerprint density at radius 1 is 1.35 bits per heavy atom. The molecule has 0 aliphatic rings. The molecule has 1 heterocycles. The van der Waals surface area contributed by atoms with Crippen LogP contribution in [0.2, 0.25) is 5.02 Å². The molecule has 1 aromatic carbocycles. The Bertz CT molecular complexity index is 780. The van der Waals surface area contributed by atoms with Gasteiger partial charge in [-0.15, -0.1) is 0 Å². The lowest BCUT2D eigenvalue weighted by Crippen LogP contribution is -2.22.